The van der Waals surface area contributed by atoms with Crippen molar-refractivity contribution >= 4 is 16.9 Å². The number of ether oxygens (including phenoxy) is 2. The van der Waals surface area contributed by atoms with E-state index >= 15 is 0 Å². The van der Waals surface area contributed by atoms with Crippen LogP contribution in [0, 0.1) is 0 Å². The molecule has 1 aliphatic rings. The zero-order chi connectivity index (χ0) is 17.2. The number of hydrogen-bond donors (Lipinski definition) is 1. The van der Waals surface area contributed by atoms with Crippen LogP contribution >= 0.6 is 0 Å². The number of methoxy groups -OCH3 is 1. The molecule has 1 aliphatic heterocycles. The standard InChI is InChI=1S/C20H19NO4/c1-23-12-15-13-6-2-5-9-18(13)25-19(15)20(22)21-16-10-11-24-17-8-4-3-7-14(16)17/h2-9,16H,10-12H2,1H3,(H,21,22)/t16-/m0/s1. The van der Waals surface area contributed by atoms with Gasteiger partial charge < -0.3 is 19.2 Å². The Labute approximate surface area is 145 Å². The molecule has 3 aromatic rings. The molecule has 2 aromatic carbocycles. The van der Waals surface area contributed by atoms with Crippen LogP contribution in [-0.4, -0.2) is 19.6 Å². The molecule has 1 amide bonds. The number of fused-ring (bicyclic) bond motifs is 2. The lowest BCUT2D eigenvalue weighted by molar-refractivity contribution is 0.0892. The Morgan fingerprint density at radius 3 is 2.88 bits per heavy atom. The van der Waals surface area contributed by atoms with Crippen LogP contribution in [0.25, 0.3) is 11.0 Å². The highest BCUT2D eigenvalue weighted by atomic mass is 16.5. The highest BCUT2D eigenvalue weighted by Gasteiger charge is 2.26. The lowest BCUT2D eigenvalue weighted by atomic mass is 10.0. The lowest BCUT2D eigenvalue weighted by Gasteiger charge is -2.26. The quantitative estimate of drug-likeness (QED) is 0.786. The Bertz CT molecular complexity index is 915. The van der Waals surface area contributed by atoms with Crippen molar-refractivity contribution in [2.45, 2.75) is 19.1 Å². The molecule has 4 rings (SSSR count). The maximum Gasteiger partial charge on any atom is 0.287 e. The summed E-state index contributed by atoms with van der Waals surface area (Å²) in [5, 5.41) is 3.99. The minimum Gasteiger partial charge on any atom is -0.493 e. The van der Waals surface area contributed by atoms with E-state index in [1.165, 1.54) is 0 Å². The molecule has 0 saturated heterocycles. The highest BCUT2D eigenvalue weighted by molar-refractivity contribution is 5.99. The van der Waals surface area contributed by atoms with Gasteiger partial charge in [0.25, 0.3) is 5.91 Å². The molecule has 2 heterocycles. The van der Waals surface area contributed by atoms with Crippen LogP contribution < -0.4 is 10.1 Å². The summed E-state index contributed by atoms with van der Waals surface area (Å²) in [7, 11) is 1.61. The van der Waals surface area contributed by atoms with Gasteiger partial charge in [0, 0.05) is 30.0 Å². The summed E-state index contributed by atoms with van der Waals surface area (Å²) in [5.41, 5.74) is 2.45. The first-order chi connectivity index (χ1) is 12.3. The summed E-state index contributed by atoms with van der Waals surface area (Å²) in [6, 6.07) is 15.3. The zero-order valence-corrected chi connectivity index (χ0v) is 14.0. The normalized spacial score (nSPS) is 16.3. The van der Waals surface area contributed by atoms with Crippen LogP contribution in [0.5, 0.6) is 5.75 Å². The fraction of sp³-hybridized carbons (Fsp3) is 0.250. The van der Waals surface area contributed by atoms with Gasteiger partial charge in [-0.1, -0.05) is 36.4 Å². The molecule has 0 spiro atoms. The van der Waals surface area contributed by atoms with E-state index < -0.39 is 0 Å². The zero-order valence-electron chi connectivity index (χ0n) is 14.0. The molecule has 128 valence electrons. The number of hydrogen-bond acceptors (Lipinski definition) is 4. The summed E-state index contributed by atoms with van der Waals surface area (Å²) in [5.74, 6) is 0.901. The topological polar surface area (TPSA) is 60.7 Å². The van der Waals surface area contributed by atoms with Gasteiger partial charge in [0.15, 0.2) is 5.76 Å². The molecule has 1 aromatic heterocycles. The second-order valence-electron chi connectivity index (χ2n) is 6.04. The number of amides is 1. The minimum absolute atomic E-state index is 0.0962. The summed E-state index contributed by atoms with van der Waals surface area (Å²) < 4.78 is 16.7. The lowest BCUT2D eigenvalue weighted by Crippen LogP contribution is -2.32. The highest BCUT2D eigenvalue weighted by Crippen LogP contribution is 2.32. The van der Waals surface area contributed by atoms with Crippen molar-refractivity contribution in [1.82, 2.24) is 5.32 Å². The van der Waals surface area contributed by atoms with Gasteiger partial charge in [-0.3, -0.25) is 4.79 Å². The maximum atomic E-state index is 12.9. The third kappa shape index (κ3) is 2.87. The fourth-order valence-electron chi connectivity index (χ4n) is 3.29. The largest absolute Gasteiger partial charge is 0.493 e. The van der Waals surface area contributed by atoms with E-state index in [9.17, 15) is 4.79 Å². The van der Waals surface area contributed by atoms with Gasteiger partial charge in [0.1, 0.15) is 11.3 Å². The van der Waals surface area contributed by atoms with Crippen LogP contribution in [0.2, 0.25) is 0 Å². The molecule has 5 heteroatoms. The Balaban J connectivity index is 1.66. The molecule has 25 heavy (non-hydrogen) atoms. The van der Waals surface area contributed by atoms with E-state index in [0.29, 0.717) is 24.6 Å². The second-order valence-corrected chi connectivity index (χ2v) is 6.04. The Kier molecular flexibility index (Phi) is 4.15. The predicted molar refractivity (Wildman–Crippen MR) is 93.7 cm³/mol. The SMILES string of the molecule is COCc1c(C(=O)N[C@H]2CCOc3ccccc32)oc2ccccc12. The minimum atomic E-state index is -0.232. The molecule has 0 aliphatic carbocycles. The first-order valence-corrected chi connectivity index (χ1v) is 8.30. The number of rotatable bonds is 4. The van der Waals surface area contributed by atoms with Gasteiger partial charge in [-0.25, -0.2) is 0 Å². The number of carbonyl (C=O) groups is 1. The predicted octanol–water partition coefficient (Wildman–Crippen LogP) is 3.83. The molecular formula is C20H19NO4. The molecule has 5 nitrogen and oxygen atoms in total. The van der Waals surface area contributed by atoms with E-state index in [2.05, 4.69) is 5.32 Å². The fourth-order valence-corrected chi connectivity index (χ4v) is 3.29. The van der Waals surface area contributed by atoms with Gasteiger partial charge in [-0.2, -0.15) is 0 Å². The van der Waals surface area contributed by atoms with Crippen molar-refractivity contribution in [2.75, 3.05) is 13.7 Å². The van der Waals surface area contributed by atoms with Crippen molar-refractivity contribution < 1.29 is 18.7 Å². The Hall–Kier alpha value is -2.79. The summed E-state index contributed by atoms with van der Waals surface area (Å²) in [6.07, 6.45) is 0.725. The first kappa shape index (κ1) is 15.7. The third-order valence-electron chi connectivity index (χ3n) is 4.46. The van der Waals surface area contributed by atoms with Crippen molar-refractivity contribution in [3.8, 4) is 5.75 Å². The number of nitrogens with one attached hydrogen (secondary N) is 1. The Morgan fingerprint density at radius 2 is 2.00 bits per heavy atom. The molecular weight excluding hydrogens is 318 g/mol. The van der Waals surface area contributed by atoms with E-state index in [4.69, 9.17) is 13.9 Å². The van der Waals surface area contributed by atoms with Crippen LogP contribution in [-0.2, 0) is 11.3 Å². The molecule has 0 unspecified atom stereocenters. The van der Waals surface area contributed by atoms with Crippen LogP contribution in [0.1, 0.15) is 34.1 Å². The molecule has 0 bridgehead atoms. The average molecular weight is 337 g/mol. The van der Waals surface area contributed by atoms with Gasteiger partial charge >= 0.3 is 0 Å². The monoisotopic (exact) mass is 337 g/mol. The second kappa shape index (κ2) is 6.61. The summed E-state index contributed by atoms with van der Waals surface area (Å²) >= 11 is 0. The number of para-hydroxylation sites is 2. The molecule has 1 N–H and O–H groups in total. The van der Waals surface area contributed by atoms with E-state index in [-0.39, 0.29) is 11.9 Å². The van der Waals surface area contributed by atoms with Gasteiger partial charge in [-0.05, 0) is 12.1 Å². The number of furan rings is 1. The Morgan fingerprint density at radius 1 is 1.20 bits per heavy atom. The van der Waals surface area contributed by atoms with E-state index in [1.54, 1.807) is 7.11 Å². The third-order valence-corrected chi connectivity index (χ3v) is 4.46. The van der Waals surface area contributed by atoms with Crippen LogP contribution in [0.15, 0.2) is 52.9 Å². The van der Waals surface area contributed by atoms with Crippen molar-refractivity contribution in [3.05, 3.63) is 65.4 Å². The average Bonchev–Trinajstić information content (AvgIpc) is 3.01. The molecule has 0 radical (unpaired) electrons. The molecule has 0 fully saturated rings. The first-order valence-electron chi connectivity index (χ1n) is 8.30. The maximum absolute atomic E-state index is 12.9. The number of benzene rings is 2. The van der Waals surface area contributed by atoms with Gasteiger partial charge in [-0.15, -0.1) is 0 Å². The number of carbonyl (C=O) groups excluding carboxylic acids is 1. The molecule has 0 saturated carbocycles. The van der Waals surface area contributed by atoms with Crippen molar-refractivity contribution in [2.24, 2.45) is 0 Å². The summed E-state index contributed by atoms with van der Waals surface area (Å²) in [4.78, 5) is 12.9. The van der Waals surface area contributed by atoms with Gasteiger partial charge in [0.2, 0.25) is 0 Å². The van der Waals surface area contributed by atoms with Crippen LogP contribution in [0.3, 0.4) is 0 Å². The van der Waals surface area contributed by atoms with Gasteiger partial charge in [0.05, 0.1) is 19.3 Å². The van der Waals surface area contributed by atoms with E-state index in [1.807, 2.05) is 48.5 Å². The molecule has 1 atom stereocenters. The van der Waals surface area contributed by atoms with Crippen LogP contribution in [0.4, 0.5) is 0 Å². The smallest absolute Gasteiger partial charge is 0.287 e. The summed E-state index contributed by atoms with van der Waals surface area (Å²) in [6.45, 7) is 0.900. The van der Waals surface area contributed by atoms with E-state index in [0.717, 1.165) is 28.7 Å². The van der Waals surface area contributed by atoms with Crippen molar-refractivity contribution in [3.63, 3.8) is 0 Å². The van der Waals surface area contributed by atoms with Crippen molar-refractivity contribution in [1.29, 1.82) is 0 Å².